The van der Waals surface area contributed by atoms with E-state index in [0.29, 0.717) is 11.0 Å². The van der Waals surface area contributed by atoms with Crippen LogP contribution in [-0.2, 0) is 16.1 Å². The minimum atomic E-state index is -0.0899. The Hall–Kier alpha value is -1.47. The van der Waals surface area contributed by atoms with E-state index in [1.807, 2.05) is 5.38 Å². The van der Waals surface area contributed by atoms with Crippen molar-refractivity contribution in [2.45, 2.75) is 45.6 Å². The first-order chi connectivity index (χ1) is 11.6. The molecule has 3 rings (SSSR count). The van der Waals surface area contributed by atoms with Crippen LogP contribution >= 0.6 is 11.3 Å². The van der Waals surface area contributed by atoms with Gasteiger partial charge in [-0.2, -0.15) is 0 Å². The highest BCUT2D eigenvalue weighted by molar-refractivity contribution is 7.13. The number of likely N-dealkylation sites (tertiary alicyclic amines) is 2. The minimum absolute atomic E-state index is 0.0899. The third-order valence-electron chi connectivity index (χ3n) is 4.82. The van der Waals surface area contributed by atoms with Gasteiger partial charge in [0.2, 0.25) is 11.8 Å². The van der Waals surface area contributed by atoms with Crippen molar-refractivity contribution in [3.05, 3.63) is 11.1 Å². The summed E-state index contributed by atoms with van der Waals surface area (Å²) in [7, 11) is 0. The standard InChI is InChI=1S/C17H26N4O2S/c1-13(22)18-17-19-15(12-24-17)11-20-9-5-14(6-10-20)16(23)21-7-3-2-4-8-21/h12,14H,2-11H2,1H3,(H,18,19,22). The zero-order valence-corrected chi connectivity index (χ0v) is 15.1. The molecule has 0 aliphatic carbocycles. The van der Waals surface area contributed by atoms with Crippen molar-refractivity contribution in [3.8, 4) is 0 Å². The monoisotopic (exact) mass is 350 g/mol. The Labute approximate surface area is 147 Å². The predicted octanol–water partition coefficient (Wildman–Crippen LogP) is 2.33. The molecule has 2 aliphatic rings. The number of thiazole rings is 1. The number of carbonyl (C=O) groups excluding carboxylic acids is 2. The average molecular weight is 350 g/mol. The van der Waals surface area contributed by atoms with Crippen molar-refractivity contribution in [2.75, 3.05) is 31.5 Å². The quantitative estimate of drug-likeness (QED) is 0.905. The van der Waals surface area contributed by atoms with E-state index in [-0.39, 0.29) is 11.8 Å². The third kappa shape index (κ3) is 4.54. The molecule has 0 unspecified atom stereocenters. The van der Waals surface area contributed by atoms with Crippen LogP contribution < -0.4 is 5.32 Å². The van der Waals surface area contributed by atoms with Crippen molar-refractivity contribution in [2.24, 2.45) is 5.92 Å². The Kier molecular flexibility index (Phi) is 5.84. The van der Waals surface area contributed by atoms with Gasteiger partial charge in [-0.3, -0.25) is 14.5 Å². The molecule has 2 amide bonds. The van der Waals surface area contributed by atoms with Crippen LogP contribution in [0.5, 0.6) is 0 Å². The van der Waals surface area contributed by atoms with E-state index in [2.05, 4.69) is 20.1 Å². The van der Waals surface area contributed by atoms with E-state index in [4.69, 9.17) is 0 Å². The van der Waals surface area contributed by atoms with Gasteiger partial charge in [0.15, 0.2) is 5.13 Å². The molecule has 7 heteroatoms. The topological polar surface area (TPSA) is 65.5 Å². The van der Waals surface area contributed by atoms with E-state index in [1.165, 1.54) is 24.7 Å². The summed E-state index contributed by atoms with van der Waals surface area (Å²) in [4.78, 5) is 32.5. The molecule has 1 aromatic rings. The Morgan fingerprint density at radius 3 is 2.58 bits per heavy atom. The van der Waals surface area contributed by atoms with Crippen LogP contribution in [0.4, 0.5) is 5.13 Å². The highest BCUT2D eigenvalue weighted by atomic mass is 32.1. The molecule has 24 heavy (non-hydrogen) atoms. The number of rotatable bonds is 4. The second-order valence-corrected chi connectivity index (χ2v) is 7.62. The zero-order valence-electron chi connectivity index (χ0n) is 14.3. The van der Waals surface area contributed by atoms with Crippen LogP contribution in [0.3, 0.4) is 0 Å². The van der Waals surface area contributed by atoms with E-state index in [9.17, 15) is 9.59 Å². The van der Waals surface area contributed by atoms with Gasteiger partial charge in [0.1, 0.15) is 0 Å². The molecule has 0 saturated carbocycles. The van der Waals surface area contributed by atoms with Gasteiger partial charge in [0, 0.05) is 37.9 Å². The lowest BCUT2D eigenvalue weighted by Crippen LogP contribution is -2.44. The Balaban J connectivity index is 1.45. The lowest BCUT2D eigenvalue weighted by Gasteiger charge is -2.35. The smallest absolute Gasteiger partial charge is 0.225 e. The number of nitrogens with one attached hydrogen (secondary N) is 1. The maximum atomic E-state index is 12.6. The molecule has 2 fully saturated rings. The van der Waals surface area contributed by atoms with Gasteiger partial charge < -0.3 is 10.2 Å². The lowest BCUT2D eigenvalue weighted by molar-refractivity contribution is -0.138. The molecule has 132 valence electrons. The van der Waals surface area contributed by atoms with Crippen molar-refractivity contribution >= 4 is 28.3 Å². The average Bonchev–Trinajstić information content (AvgIpc) is 3.02. The highest BCUT2D eigenvalue weighted by Gasteiger charge is 2.29. The summed E-state index contributed by atoms with van der Waals surface area (Å²) in [5.41, 5.74) is 0.990. The molecule has 0 radical (unpaired) electrons. The summed E-state index contributed by atoms with van der Waals surface area (Å²) in [5.74, 6) is 0.480. The first-order valence-electron chi connectivity index (χ1n) is 8.85. The molecule has 1 aromatic heterocycles. The predicted molar refractivity (Wildman–Crippen MR) is 94.8 cm³/mol. The van der Waals surface area contributed by atoms with Gasteiger partial charge in [0.25, 0.3) is 0 Å². The van der Waals surface area contributed by atoms with Gasteiger partial charge in [-0.05, 0) is 45.2 Å². The Morgan fingerprint density at radius 2 is 1.92 bits per heavy atom. The number of hydrogen-bond acceptors (Lipinski definition) is 5. The fraction of sp³-hybridized carbons (Fsp3) is 0.706. The van der Waals surface area contributed by atoms with Crippen molar-refractivity contribution in [1.82, 2.24) is 14.8 Å². The number of nitrogens with zero attached hydrogens (tertiary/aromatic N) is 3. The Bertz CT molecular complexity index is 575. The Morgan fingerprint density at radius 1 is 1.21 bits per heavy atom. The third-order valence-corrected chi connectivity index (χ3v) is 5.63. The normalized spacial score (nSPS) is 20.1. The van der Waals surface area contributed by atoms with E-state index >= 15 is 0 Å². The van der Waals surface area contributed by atoms with E-state index < -0.39 is 0 Å². The number of hydrogen-bond donors (Lipinski definition) is 1. The van der Waals surface area contributed by atoms with Crippen molar-refractivity contribution < 1.29 is 9.59 Å². The molecule has 2 aliphatic heterocycles. The summed E-state index contributed by atoms with van der Waals surface area (Å²) >= 11 is 1.46. The number of amides is 2. The van der Waals surface area contributed by atoms with Gasteiger partial charge in [-0.1, -0.05) is 0 Å². The van der Waals surface area contributed by atoms with Crippen molar-refractivity contribution in [3.63, 3.8) is 0 Å². The maximum absolute atomic E-state index is 12.6. The lowest BCUT2D eigenvalue weighted by atomic mass is 9.94. The molecule has 1 N–H and O–H groups in total. The summed E-state index contributed by atoms with van der Waals surface area (Å²) in [6.45, 7) is 6.06. The molecule has 0 spiro atoms. The molecule has 0 atom stereocenters. The van der Waals surface area contributed by atoms with Gasteiger partial charge >= 0.3 is 0 Å². The van der Waals surface area contributed by atoms with Crippen LogP contribution in [0.15, 0.2) is 5.38 Å². The van der Waals surface area contributed by atoms with Crippen LogP contribution in [0.2, 0.25) is 0 Å². The fourth-order valence-electron chi connectivity index (χ4n) is 3.53. The highest BCUT2D eigenvalue weighted by Crippen LogP contribution is 2.24. The first kappa shape index (κ1) is 17.4. The zero-order chi connectivity index (χ0) is 16.9. The van der Waals surface area contributed by atoms with Crippen LogP contribution in [-0.4, -0.2) is 52.8 Å². The van der Waals surface area contributed by atoms with Gasteiger partial charge in [-0.25, -0.2) is 4.98 Å². The van der Waals surface area contributed by atoms with Gasteiger partial charge in [-0.15, -0.1) is 11.3 Å². The summed E-state index contributed by atoms with van der Waals surface area (Å²) in [5, 5.41) is 5.38. The second kappa shape index (κ2) is 8.07. The molecular formula is C17H26N4O2S. The number of aromatic nitrogens is 1. The van der Waals surface area contributed by atoms with Crippen LogP contribution in [0.25, 0.3) is 0 Å². The second-order valence-electron chi connectivity index (χ2n) is 6.76. The van der Waals surface area contributed by atoms with E-state index in [1.54, 1.807) is 0 Å². The van der Waals surface area contributed by atoms with Crippen LogP contribution in [0, 0.1) is 5.92 Å². The first-order valence-corrected chi connectivity index (χ1v) is 9.73. The number of carbonyl (C=O) groups is 2. The summed E-state index contributed by atoms with van der Waals surface area (Å²) in [6.07, 6.45) is 5.46. The van der Waals surface area contributed by atoms with E-state index in [0.717, 1.165) is 64.1 Å². The number of piperidine rings is 2. The maximum Gasteiger partial charge on any atom is 0.225 e. The summed E-state index contributed by atoms with van der Waals surface area (Å²) < 4.78 is 0. The van der Waals surface area contributed by atoms with Crippen LogP contribution in [0.1, 0.15) is 44.7 Å². The molecule has 3 heterocycles. The molecule has 0 bridgehead atoms. The molecule has 6 nitrogen and oxygen atoms in total. The SMILES string of the molecule is CC(=O)Nc1nc(CN2CCC(C(=O)N3CCCCC3)CC2)cs1. The molecule has 2 saturated heterocycles. The number of anilines is 1. The molecular weight excluding hydrogens is 324 g/mol. The largest absolute Gasteiger partial charge is 0.342 e. The van der Waals surface area contributed by atoms with Crippen molar-refractivity contribution in [1.29, 1.82) is 0 Å². The fourth-order valence-corrected chi connectivity index (χ4v) is 4.27. The summed E-state index contributed by atoms with van der Waals surface area (Å²) in [6, 6.07) is 0. The van der Waals surface area contributed by atoms with Gasteiger partial charge in [0.05, 0.1) is 5.69 Å². The molecule has 0 aromatic carbocycles. The minimum Gasteiger partial charge on any atom is -0.342 e.